The fraction of sp³-hybridized carbons (Fsp3) is 0. The summed E-state index contributed by atoms with van der Waals surface area (Å²) in [7, 11) is 0. The minimum absolute atomic E-state index is 0.332. The molecule has 18 rings (SSSR count). The topological polar surface area (TPSA) is 126 Å². The van der Waals surface area contributed by atoms with E-state index in [1.165, 1.54) is 0 Å². The maximum absolute atomic E-state index is 12.8. The molecule has 0 spiro atoms. The molecule has 84 heavy (non-hydrogen) atoms. The fourth-order valence-electron chi connectivity index (χ4n) is 14.0. The standard InChI is InChI=1S/C75H38N6O3/c76-39-42-15-13-17-44(37-42)65-55(41-78)66(45-18-14-16-43(38-45)40-77)74(80-57-26-8-2-20-47(57)50-32-35-63-68(71(50)80)53-23-5-11-29-60(53)83-63)75(81-58-27-9-3-21-48(58)51-33-36-64-69(72(51)81)54-24-6-12-30-61(54)84-64)73(65)79-56-25-7-1-19-46(56)49-31-34-62-67(70(49)79)52-22-4-10-28-59(52)82-62/h1-38H. The molecule has 0 aliphatic carbocycles. The average Bonchev–Trinajstić information content (AvgIpc) is 1.76. The molecule has 12 aromatic carbocycles. The second kappa shape index (κ2) is 17.0. The molecule has 0 aliphatic heterocycles. The quantitative estimate of drug-likeness (QED) is 0.169. The lowest BCUT2D eigenvalue weighted by Gasteiger charge is -2.29. The number of hydrogen-bond acceptors (Lipinski definition) is 6. The molecular weight excluding hydrogens is 1030 g/mol. The van der Waals surface area contributed by atoms with Crippen molar-refractivity contribution in [3.63, 3.8) is 0 Å². The monoisotopic (exact) mass is 1070 g/mol. The van der Waals surface area contributed by atoms with Gasteiger partial charge in [0.15, 0.2) is 0 Å². The van der Waals surface area contributed by atoms with E-state index in [0.29, 0.717) is 72.8 Å². The smallest absolute Gasteiger partial charge is 0.137 e. The molecule has 9 nitrogen and oxygen atoms in total. The molecule has 0 saturated heterocycles. The van der Waals surface area contributed by atoms with Gasteiger partial charge in [-0.05, 0) is 108 Å². The van der Waals surface area contributed by atoms with Gasteiger partial charge in [0, 0.05) is 59.6 Å². The molecule has 0 saturated carbocycles. The van der Waals surface area contributed by atoms with Gasteiger partial charge in [-0.15, -0.1) is 0 Å². The Balaban J connectivity index is 1.24. The van der Waals surface area contributed by atoms with Crippen LogP contribution in [0.1, 0.15) is 16.7 Å². The summed E-state index contributed by atoms with van der Waals surface area (Å²) < 4.78 is 27.7. The Morgan fingerprint density at radius 2 is 0.607 bits per heavy atom. The van der Waals surface area contributed by atoms with E-state index in [4.69, 9.17) is 13.3 Å². The van der Waals surface area contributed by atoms with Crippen molar-refractivity contribution in [2.45, 2.75) is 0 Å². The Labute approximate surface area is 476 Å². The van der Waals surface area contributed by atoms with E-state index >= 15 is 0 Å². The zero-order valence-corrected chi connectivity index (χ0v) is 44.3. The highest BCUT2D eigenvalue weighted by atomic mass is 16.3. The zero-order chi connectivity index (χ0) is 55.5. The molecule has 0 radical (unpaired) electrons. The Kier molecular flexibility index (Phi) is 9.24. The molecule has 0 atom stereocenters. The minimum atomic E-state index is 0.332. The third-order valence-electron chi connectivity index (χ3n) is 17.3. The lowest BCUT2D eigenvalue weighted by atomic mass is 9.86. The highest BCUT2D eigenvalue weighted by Crippen LogP contribution is 2.55. The molecule has 6 heterocycles. The minimum Gasteiger partial charge on any atom is -0.456 e. The molecule has 9 heteroatoms. The normalized spacial score (nSPS) is 12.0. The molecule has 0 fully saturated rings. The van der Waals surface area contributed by atoms with Crippen molar-refractivity contribution in [2.75, 3.05) is 0 Å². The Morgan fingerprint density at radius 1 is 0.274 bits per heavy atom. The SMILES string of the molecule is N#Cc1cccc(-c2c(C#N)c(-c3cccc(C#N)c3)c(-n3c4ccccc4c4ccc5oc6ccccc6c5c43)c(-n3c4ccccc4c4ccc5oc6ccccc6c5c43)c2-n2c3ccccc3c3ccc4oc5ccccc5c4c32)c1. The van der Waals surface area contributed by atoms with Crippen molar-refractivity contribution < 1.29 is 13.3 Å². The lowest BCUT2D eigenvalue weighted by Crippen LogP contribution is -2.14. The lowest BCUT2D eigenvalue weighted by molar-refractivity contribution is 0.668. The number of rotatable bonds is 5. The molecule has 0 unspecified atom stereocenters. The summed E-state index contributed by atoms with van der Waals surface area (Å²) in [5.74, 6) is 0. The van der Waals surface area contributed by atoms with Gasteiger partial charge in [0.1, 0.15) is 39.6 Å². The van der Waals surface area contributed by atoms with Crippen molar-refractivity contribution in [1.82, 2.24) is 13.7 Å². The first-order valence-corrected chi connectivity index (χ1v) is 27.7. The van der Waals surface area contributed by atoms with Gasteiger partial charge in [0.25, 0.3) is 0 Å². The van der Waals surface area contributed by atoms with Gasteiger partial charge in [-0.25, -0.2) is 0 Å². The Bertz CT molecular complexity index is 5840. The zero-order valence-electron chi connectivity index (χ0n) is 44.3. The van der Waals surface area contributed by atoms with Gasteiger partial charge in [-0.1, -0.05) is 133 Å². The molecule has 0 amide bonds. The summed E-state index contributed by atoms with van der Waals surface area (Å²) in [6.07, 6.45) is 0. The number of nitrogens with zero attached hydrogens (tertiary/aromatic N) is 6. The van der Waals surface area contributed by atoms with E-state index < -0.39 is 0 Å². The predicted molar refractivity (Wildman–Crippen MR) is 336 cm³/mol. The van der Waals surface area contributed by atoms with Gasteiger partial charge in [-0.2, -0.15) is 15.8 Å². The van der Waals surface area contributed by atoms with Crippen LogP contribution in [-0.4, -0.2) is 13.7 Å². The van der Waals surface area contributed by atoms with Gasteiger partial charge >= 0.3 is 0 Å². The fourth-order valence-corrected chi connectivity index (χ4v) is 14.0. The third-order valence-corrected chi connectivity index (χ3v) is 17.3. The first-order chi connectivity index (χ1) is 41.6. The van der Waals surface area contributed by atoms with E-state index in [0.717, 1.165) is 114 Å². The maximum atomic E-state index is 12.8. The summed E-state index contributed by atoms with van der Waals surface area (Å²) in [5, 5.41) is 46.0. The van der Waals surface area contributed by atoms with Gasteiger partial charge < -0.3 is 27.0 Å². The van der Waals surface area contributed by atoms with Crippen LogP contribution < -0.4 is 0 Å². The third kappa shape index (κ3) is 6.02. The number of para-hydroxylation sites is 6. The first-order valence-electron chi connectivity index (χ1n) is 27.7. The predicted octanol–water partition coefficient (Wildman–Crippen LogP) is 19.6. The van der Waals surface area contributed by atoms with Crippen LogP contribution in [0.5, 0.6) is 0 Å². The second-order valence-corrected chi connectivity index (χ2v) is 21.5. The summed E-state index contributed by atoms with van der Waals surface area (Å²) in [6.45, 7) is 0. The molecule has 6 aromatic heterocycles. The summed E-state index contributed by atoms with van der Waals surface area (Å²) in [4.78, 5) is 0. The van der Waals surface area contributed by atoms with Crippen LogP contribution in [0.25, 0.3) is 171 Å². The van der Waals surface area contributed by atoms with Crippen LogP contribution in [0.2, 0.25) is 0 Å². The van der Waals surface area contributed by atoms with Crippen LogP contribution in [0.3, 0.4) is 0 Å². The number of nitriles is 3. The molecule has 386 valence electrons. The highest BCUT2D eigenvalue weighted by Gasteiger charge is 2.36. The first kappa shape index (κ1) is 45.7. The van der Waals surface area contributed by atoms with Crippen LogP contribution in [0, 0.1) is 34.0 Å². The molecule has 18 aromatic rings. The van der Waals surface area contributed by atoms with Gasteiger partial charge in [-0.3, -0.25) is 0 Å². The number of hydrogen-bond donors (Lipinski definition) is 0. The number of aromatic nitrogens is 3. The van der Waals surface area contributed by atoms with Crippen molar-refractivity contribution in [3.8, 4) is 57.5 Å². The van der Waals surface area contributed by atoms with Crippen LogP contribution in [-0.2, 0) is 0 Å². The Morgan fingerprint density at radius 3 is 0.964 bits per heavy atom. The number of benzene rings is 12. The second-order valence-electron chi connectivity index (χ2n) is 21.5. The Hall–Kier alpha value is -12.1. The molecule has 0 aliphatic rings. The van der Waals surface area contributed by atoms with Gasteiger partial charge in [0.05, 0.1) is 95.1 Å². The van der Waals surface area contributed by atoms with Gasteiger partial charge in [0.2, 0.25) is 0 Å². The summed E-state index contributed by atoms with van der Waals surface area (Å²) in [6, 6.07) is 85.7. The van der Waals surface area contributed by atoms with E-state index in [2.05, 4.69) is 165 Å². The van der Waals surface area contributed by atoms with Crippen molar-refractivity contribution >= 4 is 131 Å². The number of furan rings is 3. The molecule has 0 N–H and O–H groups in total. The van der Waals surface area contributed by atoms with Crippen molar-refractivity contribution in [1.29, 1.82) is 15.8 Å². The summed E-state index contributed by atoms with van der Waals surface area (Å²) in [5.41, 5.74) is 15.3. The van der Waals surface area contributed by atoms with Crippen LogP contribution >= 0.6 is 0 Å². The largest absolute Gasteiger partial charge is 0.456 e. The number of fused-ring (bicyclic) bond motifs is 21. The molecule has 0 bridgehead atoms. The van der Waals surface area contributed by atoms with Crippen LogP contribution in [0.15, 0.2) is 244 Å². The average molecular weight is 1070 g/mol. The maximum Gasteiger partial charge on any atom is 0.137 e. The van der Waals surface area contributed by atoms with E-state index in [1.807, 2.05) is 84.9 Å². The van der Waals surface area contributed by atoms with E-state index in [1.54, 1.807) is 12.1 Å². The highest BCUT2D eigenvalue weighted by molar-refractivity contribution is 6.29. The van der Waals surface area contributed by atoms with Crippen molar-refractivity contribution in [3.05, 3.63) is 247 Å². The molecular formula is C75H38N6O3. The van der Waals surface area contributed by atoms with Crippen molar-refractivity contribution in [2.24, 2.45) is 0 Å². The van der Waals surface area contributed by atoms with E-state index in [-0.39, 0.29) is 0 Å². The van der Waals surface area contributed by atoms with Crippen LogP contribution in [0.4, 0.5) is 0 Å². The summed E-state index contributed by atoms with van der Waals surface area (Å²) >= 11 is 0. The van der Waals surface area contributed by atoms with E-state index in [9.17, 15) is 15.8 Å².